The predicted molar refractivity (Wildman–Crippen MR) is 95.4 cm³/mol. The van der Waals surface area contributed by atoms with E-state index in [4.69, 9.17) is 30.2 Å². The van der Waals surface area contributed by atoms with Crippen LogP contribution in [0.3, 0.4) is 0 Å². The van der Waals surface area contributed by atoms with E-state index < -0.39 is 0 Å². The second-order valence-corrected chi connectivity index (χ2v) is 6.29. The molecule has 1 aliphatic rings. The summed E-state index contributed by atoms with van der Waals surface area (Å²) in [5.41, 5.74) is 1.71. The molecule has 8 heteroatoms. The van der Waals surface area contributed by atoms with Gasteiger partial charge in [-0.1, -0.05) is 17.7 Å². The minimum Gasteiger partial charge on any atom is -0.456 e. The van der Waals surface area contributed by atoms with E-state index in [1.165, 1.54) is 0 Å². The van der Waals surface area contributed by atoms with Crippen molar-refractivity contribution in [1.82, 2.24) is 10.2 Å². The van der Waals surface area contributed by atoms with Crippen molar-refractivity contribution in [2.24, 2.45) is 0 Å². The number of carbonyl (C=O) groups excluding carboxylic acids is 1. The van der Waals surface area contributed by atoms with Crippen LogP contribution in [0.15, 0.2) is 46.9 Å². The predicted octanol–water partition coefficient (Wildman–Crippen LogP) is 3.79. The fourth-order valence-electron chi connectivity index (χ4n) is 2.58. The average molecular weight is 387 g/mol. The SMILES string of the molecule is O=C(CCc1ccc2c(c1)OCO2)OCc1nnc(-c2ccc(Cl)cc2)o1. The monoisotopic (exact) mass is 386 g/mol. The molecule has 0 saturated carbocycles. The topological polar surface area (TPSA) is 83.7 Å². The molecule has 2 aromatic carbocycles. The first-order valence-corrected chi connectivity index (χ1v) is 8.67. The highest BCUT2D eigenvalue weighted by molar-refractivity contribution is 6.30. The molecule has 27 heavy (non-hydrogen) atoms. The molecule has 0 radical (unpaired) electrons. The summed E-state index contributed by atoms with van der Waals surface area (Å²) in [5.74, 6) is 1.64. The lowest BCUT2D eigenvalue weighted by Gasteiger charge is -2.04. The third-order valence-electron chi connectivity index (χ3n) is 3.97. The van der Waals surface area contributed by atoms with Gasteiger partial charge >= 0.3 is 5.97 Å². The third kappa shape index (κ3) is 4.20. The van der Waals surface area contributed by atoms with E-state index in [2.05, 4.69) is 10.2 Å². The van der Waals surface area contributed by atoms with Gasteiger partial charge in [0.25, 0.3) is 5.89 Å². The summed E-state index contributed by atoms with van der Waals surface area (Å²) in [6.07, 6.45) is 0.771. The van der Waals surface area contributed by atoms with Gasteiger partial charge in [-0.3, -0.25) is 4.79 Å². The number of carbonyl (C=O) groups is 1. The van der Waals surface area contributed by atoms with Gasteiger partial charge in [0.05, 0.1) is 0 Å². The van der Waals surface area contributed by atoms with Crippen molar-refractivity contribution in [3.05, 3.63) is 58.9 Å². The van der Waals surface area contributed by atoms with Crippen LogP contribution in [0.4, 0.5) is 0 Å². The molecule has 4 rings (SSSR count). The fourth-order valence-corrected chi connectivity index (χ4v) is 2.70. The first kappa shape index (κ1) is 17.4. The highest BCUT2D eigenvalue weighted by atomic mass is 35.5. The molecule has 1 aromatic heterocycles. The Kier molecular flexibility index (Phi) is 4.93. The minimum atomic E-state index is -0.348. The van der Waals surface area contributed by atoms with Crippen molar-refractivity contribution in [2.75, 3.05) is 6.79 Å². The summed E-state index contributed by atoms with van der Waals surface area (Å²) >= 11 is 5.85. The van der Waals surface area contributed by atoms with Gasteiger partial charge in [0.15, 0.2) is 18.1 Å². The number of rotatable bonds is 6. The summed E-state index contributed by atoms with van der Waals surface area (Å²) < 4.78 is 21.3. The van der Waals surface area contributed by atoms with Gasteiger partial charge < -0.3 is 18.6 Å². The van der Waals surface area contributed by atoms with Gasteiger partial charge in [-0.2, -0.15) is 0 Å². The quantitative estimate of drug-likeness (QED) is 0.596. The van der Waals surface area contributed by atoms with Crippen LogP contribution in [0.1, 0.15) is 17.9 Å². The Labute approximate surface area is 159 Å². The number of hydrogen-bond acceptors (Lipinski definition) is 7. The third-order valence-corrected chi connectivity index (χ3v) is 4.22. The van der Waals surface area contributed by atoms with Crippen LogP contribution in [0.25, 0.3) is 11.5 Å². The molecule has 0 N–H and O–H groups in total. The second kappa shape index (κ2) is 7.67. The van der Waals surface area contributed by atoms with Crippen LogP contribution < -0.4 is 9.47 Å². The number of aromatic nitrogens is 2. The van der Waals surface area contributed by atoms with E-state index in [1.54, 1.807) is 24.3 Å². The molecule has 0 amide bonds. The zero-order valence-electron chi connectivity index (χ0n) is 14.2. The molecule has 0 unspecified atom stereocenters. The smallest absolute Gasteiger partial charge is 0.306 e. The lowest BCUT2D eigenvalue weighted by atomic mass is 10.1. The van der Waals surface area contributed by atoms with E-state index in [0.717, 1.165) is 11.1 Å². The molecule has 1 aliphatic heterocycles. The Morgan fingerprint density at radius 1 is 1.07 bits per heavy atom. The van der Waals surface area contributed by atoms with Gasteiger partial charge in [-0.15, -0.1) is 10.2 Å². The number of aryl methyl sites for hydroxylation is 1. The second-order valence-electron chi connectivity index (χ2n) is 5.86. The molecule has 0 bridgehead atoms. The number of benzene rings is 2. The van der Waals surface area contributed by atoms with Crippen molar-refractivity contribution in [1.29, 1.82) is 0 Å². The van der Waals surface area contributed by atoms with Crippen LogP contribution >= 0.6 is 11.6 Å². The molecule has 7 nitrogen and oxygen atoms in total. The first-order valence-electron chi connectivity index (χ1n) is 8.30. The summed E-state index contributed by atoms with van der Waals surface area (Å²) in [6.45, 7) is 0.156. The maximum absolute atomic E-state index is 12.0. The van der Waals surface area contributed by atoms with Gasteiger partial charge in [0.1, 0.15) is 0 Å². The molecule has 0 spiro atoms. The Balaban J connectivity index is 1.27. The van der Waals surface area contributed by atoms with E-state index in [9.17, 15) is 4.79 Å². The van der Waals surface area contributed by atoms with Gasteiger partial charge in [0, 0.05) is 17.0 Å². The van der Waals surface area contributed by atoms with Crippen molar-refractivity contribution in [2.45, 2.75) is 19.4 Å². The molecular weight excluding hydrogens is 372 g/mol. The Morgan fingerprint density at radius 2 is 1.89 bits per heavy atom. The lowest BCUT2D eigenvalue weighted by molar-refractivity contribution is -0.145. The Bertz CT molecular complexity index is 955. The highest BCUT2D eigenvalue weighted by Gasteiger charge is 2.15. The number of fused-ring (bicyclic) bond motifs is 1. The normalized spacial score (nSPS) is 12.2. The van der Waals surface area contributed by atoms with Crippen molar-refractivity contribution in [3.8, 4) is 23.0 Å². The summed E-state index contributed by atoms with van der Waals surface area (Å²) in [5, 5.41) is 8.45. The Hall–Kier alpha value is -3.06. The zero-order valence-corrected chi connectivity index (χ0v) is 14.9. The molecule has 0 atom stereocenters. The maximum Gasteiger partial charge on any atom is 0.306 e. The summed E-state index contributed by atoms with van der Waals surface area (Å²) in [4.78, 5) is 12.0. The van der Waals surface area contributed by atoms with Crippen LogP contribution in [0, 0.1) is 0 Å². The minimum absolute atomic E-state index is 0.0689. The van der Waals surface area contributed by atoms with Gasteiger partial charge in [-0.25, -0.2) is 0 Å². The van der Waals surface area contributed by atoms with Crippen molar-refractivity contribution >= 4 is 17.6 Å². The molecule has 3 aromatic rings. The summed E-state index contributed by atoms with van der Waals surface area (Å²) in [7, 11) is 0. The van der Waals surface area contributed by atoms with Crippen molar-refractivity contribution in [3.63, 3.8) is 0 Å². The maximum atomic E-state index is 12.0. The van der Waals surface area contributed by atoms with E-state index in [1.807, 2.05) is 18.2 Å². The largest absolute Gasteiger partial charge is 0.456 e. The number of esters is 1. The first-order chi connectivity index (χ1) is 13.2. The van der Waals surface area contributed by atoms with Crippen LogP contribution in [-0.4, -0.2) is 23.0 Å². The lowest BCUT2D eigenvalue weighted by Crippen LogP contribution is -2.06. The van der Waals surface area contributed by atoms with Gasteiger partial charge in [0.2, 0.25) is 12.7 Å². The highest BCUT2D eigenvalue weighted by Crippen LogP contribution is 2.32. The summed E-state index contributed by atoms with van der Waals surface area (Å²) in [6, 6.07) is 12.6. The van der Waals surface area contributed by atoms with Crippen molar-refractivity contribution < 1.29 is 23.4 Å². The molecular formula is C19H15ClN2O5. The van der Waals surface area contributed by atoms with Crippen LogP contribution in [-0.2, 0) is 22.6 Å². The number of ether oxygens (including phenoxy) is 3. The number of hydrogen-bond donors (Lipinski definition) is 0. The fraction of sp³-hybridized carbons (Fsp3) is 0.211. The molecule has 138 valence electrons. The van der Waals surface area contributed by atoms with Crippen LogP contribution in [0.5, 0.6) is 11.5 Å². The van der Waals surface area contributed by atoms with Gasteiger partial charge in [-0.05, 0) is 48.4 Å². The Morgan fingerprint density at radius 3 is 2.74 bits per heavy atom. The van der Waals surface area contributed by atoms with E-state index >= 15 is 0 Å². The average Bonchev–Trinajstić information content (AvgIpc) is 3.34. The number of nitrogens with zero attached hydrogens (tertiary/aromatic N) is 2. The van der Waals surface area contributed by atoms with E-state index in [0.29, 0.717) is 28.8 Å². The zero-order chi connectivity index (χ0) is 18.6. The number of halogens is 1. The molecule has 0 fully saturated rings. The van der Waals surface area contributed by atoms with E-state index in [-0.39, 0.29) is 31.7 Å². The standard InChI is InChI=1S/C19H15ClN2O5/c20-14-5-3-13(4-6-14)19-22-21-17(27-19)10-24-18(23)8-2-12-1-7-15-16(9-12)26-11-25-15/h1,3-7,9H,2,8,10-11H2. The van der Waals surface area contributed by atoms with Crippen LogP contribution in [0.2, 0.25) is 5.02 Å². The molecule has 2 heterocycles. The molecule has 0 aliphatic carbocycles. The molecule has 0 saturated heterocycles.